The Morgan fingerprint density at radius 3 is 2.96 bits per heavy atom. The largest absolute Gasteiger partial charge is 0.391 e. The highest BCUT2D eigenvalue weighted by Crippen LogP contribution is 2.13. The Balaban J connectivity index is 2.01. The van der Waals surface area contributed by atoms with Crippen LogP contribution in [-0.2, 0) is 6.54 Å². The van der Waals surface area contributed by atoms with Gasteiger partial charge in [0.2, 0.25) is 0 Å². The van der Waals surface area contributed by atoms with Crippen LogP contribution in [0.15, 0.2) is 30.5 Å². The third-order valence-corrected chi connectivity index (χ3v) is 3.78. The molecule has 6 heteroatoms. The van der Waals surface area contributed by atoms with E-state index in [0.717, 1.165) is 12.0 Å². The van der Waals surface area contributed by atoms with E-state index in [2.05, 4.69) is 10.4 Å². The standard InChI is InChI=1S/C17H22ClN3O2/c1-3-5-15(22)9-19-17(23)16-11-21(20-12(16)2)10-13-6-4-7-14(18)8-13/h4,6-8,11,15,22H,3,5,9-10H2,1-2H3,(H,19,23). The maximum atomic E-state index is 12.2. The van der Waals surface area contributed by atoms with Crippen molar-refractivity contribution in [3.8, 4) is 0 Å². The van der Waals surface area contributed by atoms with Crippen LogP contribution in [0.25, 0.3) is 0 Å². The average molecular weight is 336 g/mol. The average Bonchev–Trinajstić information content (AvgIpc) is 2.86. The van der Waals surface area contributed by atoms with Crippen LogP contribution in [-0.4, -0.2) is 33.4 Å². The van der Waals surface area contributed by atoms with Crippen LogP contribution in [0.1, 0.15) is 41.4 Å². The lowest BCUT2D eigenvalue weighted by molar-refractivity contribution is 0.0909. The Morgan fingerprint density at radius 1 is 1.48 bits per heavy atom. The second-order valence-corrected chi connectivity index (χ2v) is 6.04. The number of nitrogens with one attached hydrogen (secondary N) is 1. The number of hydrogen-bond acceptors (Lipinski definition) is 3. The summed E-state index contributed by atoms with van der Waals surface area (Å²) in [4.78, 5) is 12.2. The van der Waals surface area contributed by atoms with E-state index in [9.17, 15) is 9.90 Å². The Bertz CT molecular complexity index is 670. The number of aryl methyl sites for hydroxylation is 1. The molecule has 1 heterocycles. The molecule has 0 aliphatic heterocycles. The minimum Gasteiger partial charge on any atom is -0.391 e. The lowest BCUT2D eigenvalue weighted by Gasteiger charge is -2.10. The van der Waals surface area contributed by atoms with Crippen molar-refractivity contribution < 1.29 is 9.90 Å². The molecule has 1 amide bonds. The van der Waals surface area contributed by atoms with Gasteiger partial charge in [0.1, 0.15) is 0 Å². The molecule has 1 atom stereocenters. The van der Waals surface area contributed by atoms with Gasteiger partial charge in [-0.15, -0.1) is 0 Å². The zero-order valence-corrected chi connectivity index (χ0v) is 14.2. The molecular weight excluding hydrogens is 314 g/mol. The lowest BCUT2D eigenvalue weighted by atomic mass is 10.2. The molecule has 124 valence electrons. The van der Waals surface area contributed by atoms with E-state index in [1.165, 1.54) is 0 Å². The number of nitrogens with zero attached hydrogens (tertiary/aromatic N) is 2. The molecule has 0 saturated heterocycles. The molecule has 0 fully saturated rings. The zero-order chi connectivity index (χ0) is 16.8. The van der Waals surface area contributed by atoms with Gasteiger partial charge in [0.05, 0.1) is 23.9 Å². The van der Waals surface area contributed by atoms with E-state index in [1.807, 2.05) is 31.2 Å². The van der Waals surface area contributed by atoms with Gasteiger partial charge in [-0.2, -0.15) is 5.10 Å². The van der Waals surface area contributed by atoms with Crippen molar-refractivity contribution in [2.24, 2.45) is 0 Å². The second-order valence-electron chi connectivity index (χ2n) is 5.61. The highest BCUT2D eigenvalue weighted by atomic mass is 35.5. The Morgan fingerprint density at radius 2 is 2.26 bits per heavy atom. The van der Waals surface area contributed by atoms with Crippen molar-refractivity contribution in [3.05, 3.63) is 52.3 Å². The summed E-state index contributed by atoms with van der Waals surface area (Å²) in [6.07, 6.45) is 2.77. The molecule has 0 aliphatic carbocycles. The molecule has 5 nitrogen and oxygen atoms in total. The summed E-state index contributed by atoms with van der Waals surface area (Å²) in [6.45, 7) is 4.60. The Labute approximate surface area is 141 Å². The fourth-order valence-corrected chi connectivity index (χ4v) is 2.60. The number of hydrogen-bond donors (Lipinski definition) is 2. The molecule has 23 heavy (non-hydrogen) atoms. The SMILES string of the molecule is CCCC(O)CNC(=O)c1cn(Cc2cccc(Cl)c2)nc1C. The van der Waals surface area contributed by atoms with E-state index in [0.29, 0.717) is 29.2 Å². The van der Waals surface area contributed by atoms with Gasteiger partial charge < -0.3 is 10.4 Å². The predicted molar refractivity (Wildman–Crippen MR) is 90.8 cm³/mol. The Hall–Kier alpha value is -1.85. The molecule has 2 N–H and O–H groups in total. The molecule has 2 rings (SSSR count). The summed E-state index contributed by atoms with van der Waals surface area (Å²) in [5.41, 5.74) is 2.20. The molecule has 0 spiro atoms. The van der Waals surface area contributed by atoms with Gasteiger partial charge in [0.25, 0.3) is 5.91 Å². The molecule has 0 aliphatic rings. The van der Waals surface area contributed by atoms with E-state index >= 15 is 0 Å². The topological polar surface area (TPSA) is 67.2 Å². The van der Waals surface area contributed by atoms with Crippen LogP contribution >= 0.6 is 11.6 Å². The van der Waals surface area contributed by atoms with Gasteiger partial charge in [-0.05, 0) is 31.0 Å². The predicted octanol–water partition coefficient (Wildman–Crippen LogP) is 2.78. The molecular formula is C17H22ClN3O2. The molecule has 2 aromatic rings. The highest BCUT2D eigenvalue weighted by Gasteiger charge is 2.14. The number of aliphatic hydroxyl groups is 1. The number of aromatic nitrogens is 2. The number of aliphatic hydroxyl groups excluding tert-OH is 1. The fourth-order valence-electron chi connectivity index (χ4n) is 2.39. The van der Waals surface area contributed by atoms with E-state index < -0.39 is 6.10 Å². The molecule has 0 radical (unpaired) electrons. The minimum atomic E-state index is -0.509. The van der Waals surface area contributed by atoms with Crippen molar-refractivity contribution in [2.75, 3.05) is 6.54 Å². The monoisotopic (exact) mass is 335 g/mol. The summed E-state index contributed by atoms with van der Waals surface area (Å²) in [5, 5.41) is 17.5. The van der Waals surface area contributed by atoms with E-state index in [4.69, 9.17) is 11.6 Å². The Kier molecular flexibility index (Phi) is 6.19. The summed E-state index contributed by atoms with van der Waals surface area (Å²) < 4.78 is 1.72. The number of benzene rings is 1. The highest BCUT2D eigenvalue weighted by molar-refractivity contribution is 6.30. The van der Waals surface area contributed by atoms with Gasteiger partial charge in [-0.3, -0.25) is 9.48 Å². The number of rotatable bonds is 7. The van der Waals surface area contributed by atoms with Crippen molar-refractivity contribution in [1.29, 1.82) is 0 Å². The van der Waals surface area contributed by atoms with Crippen LogP contribution in [0.2, 0.25) is 5.02 Å². The lowest BCUT2D eigenvalue weighted by Crippen LogP contribution is -2.32. The number of carbonyl (C=O) groups excluding carboxylic acids is 1. The maximum Gasteiger partial charge on any atom is 0.254 e. The van der Waals surface area contributed by atoms with Gasteiger partial charge in [0, 0.05) is 17.8 Å². The second kappa shape index (κ2) is 8.13. The number of halogens is 1. The number of amides is 1. The minimum absolute atomic E-state index is 0.213. The van der Waals surface area contributed by atoms with Gasteiger partial charge in [0.15, 0.2) is 0 Å². The molecule has 0 saturated carbocycles. The van der Waals surface area contributed by atoms with Crippen LogP contribution in [0.5, 0.6) is 0 Å². The molecule has 1 aromatic heterocycles. The summed E-state index contributed by atoms with van der Waals surface area (Å²) >= 11 is 5.98. The first-order valence-electron chi connectivity index (χ1n) is 7.74. The summed E-state index contributed by atoms with van der Waals surface area (Å²) in [5.74, 6) is -0.213. The smallest absolute Gasteiger partial charge is 0.254 e. The van der Waals surface area contributed by atoms with Gasteiger partial charge in [-0.1, -0.05) is 37.1 Å². The number of carbonyl (C=O) groups is 1. The van der Waals surface area contributed by atoms with Crippen LogP contribution < -0.4 is 5.32 Å². The first-order valence-corrected chi connectivity index (χ1v) is 8.12. The quantitative estimate of drug-likeness (QED) is 0.817. The molecule has 1 aromatic carbocycles. The van der Waals surface area contributed by atoms with Crippen LogP contribution in [0.4, 0.5) is 0 Å². The third kappa shape index (κ3) is 5.08. The molecule has 1 unspecified atom stereocenters. The van der Waals surface area contributed by atoms with Crippen molar-refractivity contribution in [2.45, 2.75) is 39.3 Å². The first kappa shape index (κ1) is 17.5. The molecule has 0 bridgehead atoms. The van der Waals surface area contributed by atoms with Crippen LogP contribution in [0, 0.1) is 6.92 Å². The van der Waals surface area contributed by atoms with E-state index in [-0.39, 0.29) is 12.5 Å². The fraction of sp³-hybridized carbons (Fsp3) is 0.412. The summed E-state index contributed by atoms with van der Waals surface area (Å²) in [7, 11) is 0. The third-order valence-electron chi connectivity index (χ3n) is 3.54. The maximum absolute atomic E-state index is 12.2. The van der Waals surface area contributed by atoms with E-state index in [1.54, 1.807) is 17.8 Å². The normalized spacial score (nSPS) is 12.2. The van der Waals surface area contributed by atoms with Gasteiger partial charge in [-0.25, -0.2) is 0 Å². The van der Waals surface area contributed by atoms with Crippen molar-refractivity contribution in [3.63, 3.8) is 0 Å². The van der Waals surface area contributed by atoms with Crippen molar-refractivity contribution in [1.82, 2.24) is 15.1 Å². The van der Waals surface area contributed by atoms with Crippen molar-refractivity contribution >= 4 is 17.5 Å². The summed E-state index contributed by atoms with van der Waals surface area (Å²) in [6, 6.07) is 7.54. The zero-order valence-electron chi connectivity index (χ0n) is 13.4. The van der Waals surface area contributed by atoms with Gasteiger partial charge >= 0.3 is 0 Å². The van der Waals surface area contributed by atoms with Crippen LogP contribution in [0.3, 0.4) is 0 Å². The first-order chi connectivity index (χ1) is 11.0.